The Labute approximate surface area is 175 Å². The number of rotatable bonds is 4. The molecule has 1 unspecified atom stereocenters. The lowest BCUT2D eigenvalue weighted by Crippen LogP contribution is -2.53. The number of carbonyl (C=O) groups is 2. The lowest BCUT2D eigenvalue weighted by atomic mass is 10.1. The van der Waals surface area contributed by atoms with Crippen LogP contribution in [0.3, 0.4) is 0 Å². The zero-order valence-electron chi connectivity index (χ0n) is 17.0. The van der Waals surface area contributed by atoms with E-state index in [1.165, 1.54) is 12.8 Å². The van der Waals surface area contributed by atoms with Gasteiger partial charge in [-0.2, -0.15) is 0 Å². The minimum absolute atomic E-state index is 0.0269. The highest BCUT2D eigenvalue weighted by molar-refractivity contribution is 5.91. The van der Waals surface area contributed by atoms with Gasteiger partial charge in [0.05, 0.1) is 10.9 Å². The molecule has 8 heteroatoms. The second kappa shape index (κ2) is 8.08. The Balaban J connectivity index is 1.28. The monoisotopic (exact) mass is 409 g/mol. The Morgan fingerprint density at radius 1 is 1.07 bits per heavy atom. The van der Waals surface area contributed by atoms with E-state index in [0.717, 1.165) is 42.5 Å². The summed E-state index contributed by atoms with van der Waals surface area (Å²) in [6, 6.07) is 5.84. The van der Waals surface area contributed by atoms with Crippen molar-refractivity contribution in [3.05, 3.63) is 24.5 Å². The number of fused-ring (bicyclic) bond motifs is 1. The number of benzene rings is 1. The molecule has 1 saturated carbocycles. The van der Waals surface area contributed by atoms with E-state index >= 15 is 0 Å². The van der Waals surface area contributed by atoms with Crippen molar-refractivity contribution in [2.75, 3.05) is 31.1 Å². The molecule has 2 aliphatic heterocycles. The highest BCUT2D eigenvalue weighted by atomic mass is 16.5. The summed E-state index contributed by atoms with van der Waals surface area (Å²) in [5.74, 6) is 0.681. The fourth-order valence-electron chi connectivity index (χ4n) is 4.68. The number of anilines is 1. The van der Waals surface area contributed by atoms with Crippen LogP contribution < -0.4 is 15.0 Å². The maximum atomic E-state index is 12.6. The molecule has 30 heavy (non-hydrogen) atoms. The van der Waals surface area contributed by atoms with Gasteiger partial charge in [0.2, 0.25) is 17.7 Å². The number of amides is 2. The number of hydrogen-bond donors (Lipinski definition) is 1. The second-order valence-electron chi connectivity index (χ2n) is 8.38. The van der Waals surface area contributed by atoms with Gasteiger partial charge in [0.15, 0.2) is 0 Å². The summed E-state index contributed by atoms with van der Waals surface area (Å²) >= 11 is 0. The van der Waals surface area contributed by atoms with E-state index in [1.54, 1.807) is 6.33 Å². The van der Waals surface area contributed by atoms with E-state index in [2.05, 4.69) is 32.3 Å². The first kappa shape index (κ1) is 19.1. The van der Waals surface area contributed by atoms with Crippen molar-refractivity contribution in [2.24, 2.45) is 0 Å². The minimum atomic E-state index is -0.350. The van der Waals surface area contributed by atoms with Crippen LogP contribution >= 0.6 is 0 Å². The number of carbonyl (C=O) groups excluding carboxylic acids is 2. The Kier molecular flexibility index (Phi) is 5.14. The van der Waals surface area contributed by atoms with E-state index in [0.29, 0.717) is 31.8 Å². The quantitative estimate of drug-likeness (QED) is 0.830. The molecule has 1 aromatic carbocycles. The number of hydrogen-bond acceptors (Lipinski definition) is 6. The Hall–Kier alpha value is -2.90. The molecule has 1 N–H and O–H groups in total. The number of piperazine rings is 1. The summed E-state index contributed by atoms with van der Waals surface area (Å²) in [6.45, 7) is 2.81. The summed E-state index contributed by atoms with van der Waals surface area (Å²) in [7, 11) is 0. The Morgan fingerprint density at radius 2 is 1.87 bits per heavy atom. The topological polar surface area (TPSA) is 87.7 Å². The Bertz CT molecular complexity index is 951. The third-order valence-electron chi connectivity index (χ3n) is 6.41. The normalized spacial score (nSPS) is 22.5. The van der Waals surface area contributed by atoms with Crippen LogP contribution in [0.25, 0.3) is 10.9 Å². The molecule has 3 aliphatic rings. The highest BCUT2D eigenvalue weighted by Gasteiger charge is 2.32. The molecule has 0 bridgehead atoms. The summed E-state index contributed by atoms with van der Waals surface area (Å²) in [6.07, 6.45) is 7.47. The number of ether oxygens (including phenoxy) is 1. The molecule has 0 radical (unpaired) electrons. The van der Waals surface area contributed by atoms with E-state index in [4.69, 9.17) is 4.74 Å². The van der Waals surface area contributed by atoms with Crippen LogP contribution in [0, 0.1) is 0 Å². The van der Waals surface area contributed by atoms with Crippen LogP contribution in [0.5, 0.6) is 5.88 Å². The largest absolute Gasteiger partial charge is 0.474 e. The molecule has 158 valence electrons. The molecule has 3 heterocycles. The van der Waals surface area contributed by atoms with E-state index in [-0.39, 0.29) is 24.0 Å². The van der Waals surface area contributed by atoms with E-state index in [9.17, 15) is 9.59 Å². The van der Waals surface area contributed by atoms with E-state index in [1.807, 2.05) is 11.0 Å². The summed E-state index contributed by atoms with van der Waals surface area (Å²) in [5, 5.41) is 3.72. The average molecular weight is 409 g/mol. The molecule has 1 aliphatic carbocycles. The number of nitrogens with zero attached hydrogens (tertiary/aromatic N) is 4. The molecular weight excluding hydrogens is 382 g/mol. The second-order valence-corrected chi connectivity index (χ2v) is 8.38. The fourth-order valence-corrected chi connectivity index (χ4v) is 4.68. The van der Waals surface area contributed by atoms with Crippen LogP contribution in [0.15, 0.2) is 24.5 Å². The molecule has 8 nitrogen and oxygen atoms in total. The van der Waals surface area contributed by atoms with Gasteiger partial charge in [-0.3, -0.25) is 9.59 Å². The summed E-state index contributed by atoms with van der Waals surface area (Å²) < 4.78 is 6.19. The third-order valence-corrected chi connectivity index (χ3v) is 6.41. The van der Waals surface area contributed by atoms with Gasteiger partial charge >= 0.3 is 0 Å². The molecule has 1 atom stereocenters. The lowest BCUT2D eigenvalue weighted by molar-refractivity contribution is -0.134. The lowest BCUT2D eigenvalue weighted by Gasteiger charge is -2.37. The van der Waals surface area contributed by atoms with Gasteiger partial charge in [-0.15, -0.1) is 0 Å². The summed E-state index contributed by atoms with van der Waals surface area (Å²) in [5.41, 5.74) is 1.97. The first-order chi connectivity index (χ1) is 14.7. The molecule has 2 amide bonds. The van der Waals surface area contributed by atoms with Crippen LogP contribution in [0.1, 0.15) is 38.5 Å². The average Bonchev–Trinajstić information content (AvgIpc) is 3.45. The zero-order valence-corrected chi connectivity index (χ0v) is 17.0. The molecule has 3 fully saturated rings. The van der Waals surface area contributed by atoms with Gasteiger partial charge in [0.25, 0.3) is 0 Å². The highest BCUT2D eigenvalue weighted by Crippen LogP contribution is 2.30. The SMILES string of the molecule is O=C1CCC(C(=O)N2CCN(c3ccc4ncnc(OC5CCCC5)c4c3)CC2)N1. The number of aromatic nitrogens is 2. The van der Waals surface area contributed by atoms with Crippen molar-refractivity contribution in [1.29, 1.82) is 0 Å². The molecule has 5 rings (SSSR count). The standard InChI is InChI=1S/C22H27N5O3/c28-20-8-7-19(25-20)22(29)27-11-9-26(10-12-27)15-5-6-18-17(13-15)21(24-14-23-18)30-16-3-1-2-4-16/h5-6,13-14,16,19H,1-4,7-12H2,(H,25,28). The smallest absolute Gasteiger partial charge is 0.245 e. The van der Waals surface area contributed by atoms with Crippen molar-refractivity contribution in [1.82, 2.24) is 20.2 Å². The molecule has 2 aromatic rings. The molecule has 1 aromatic heterocycles. The van der Waals surface area contributed by atoms with Gasteiger partial charge in [-0.1, -0.05) is 0 Å². The molecule has 2 saturated heterocycles. The van der Waals surface area contributed by atoms with Gasteiger partial charge in [0.1, 0.15) is 18.5 Å². The maximum absolute atomic E-state index is 12.6. The molecular formula is C22H27N5O3. The predicted molar refractivity (Wildman–Crippen MR) is 112 cm³/mol. The zero-order chi connectivity index (χ0) is 20.5. The van der Waals surface area contributed by atoms with Crippen LogP contribution in [-0.2, 0) is 9.59 Å². The summed E-state index contributed by atoms with van der Waals surface area (Å²) in [4.78, 5) is 37.0. The van der Waals surface area contributed by atoms with Gasteiger partial charge in [-0.05, 0) is 50.3 Å². The van der Waals surface area contributed by atoms with Gasteiger partial charge in [0, 0.05) is 38.3 Å². The first-order valence-corrected chi connectivity index (χ1v) is 10.9. The number of nitrogens with one attached hydrogen (secondary N) is 1. The predicted octanol–water partition coefficient (Wildman–Crippen LogP) is 1.88. The maximum Gasteiger partial charge on any atom is 0.245 e. The minimum Gasteiger partial charge on any atom is -0.474 e. The van der Waals surface area contributed by atoms with E-state index < -0.39 is 0 Å². The van der Waals surface area contributed by atoms with Crippen molar-refractivity contribution < 1.29 is 14.3 Å². The van der Waals surface area contributed by atoms with Crippen LogP contribution in [-0.4, -0.2) is 65.0 Å². The van der Waals surface area contributed by atoms with Crippen molar-refractivity contribution in [2.45, 2.75) is 50.7 Å². The van der Waals surface area contributed by atoms with Gasteiger partial charge in [-0.25, -0.2) is 9.97 Å². The third kappa shape index (κ3) is 3.78. The van der Waals surface area contributed by atoms with Crippen molar-refractivity contribution in [3.8, 4) is 5.88 Å². The van der Waals surface area contributed by atoms with Crippen molar-refractivity contribution in [3.63, 3.8) is 0 Å². The van der Waals surface area contributed by atoms with Crippen molar-refractivity contribution >= 4 is 28.4 Å². The van der Waals surface area contributed by atoms with Crippen LogP contribution in [0.2, 0.25) is 0 Å². The Morgan fingerprint density at radius 3 is 2.60 bits per heavy atom. The molecule has 0 spiro atoms. The van der Waals surface area contributed by atoms with Gasteiger partial charge < -0.3 is 19.9 Å². The first-order valence-electron chi connectivity index (χ1n) is 10.9. The van der Waals surface area contributed by atoms with Crippen LogP contribution in [0.4, 0.5) is 5.69 Å². The fraction of sp³-hybridized carbons (Fsp3) is 0.545.